The zero-order valence-electron chi connectivity index (χ0n) is 16.8. The summed E-state index contributed by atoms with van der Waals surface area (Å²) in [5, 5.41) is 0. The SMILES string of the molecule is CCOC(=O)[C@@H]1CSCCN1C(=O)c1nc(-c2ccccc2)n2c1CCCCC2. The first kappa shape index (κ1) is 20.0. The molecule has 0 N–H and O–H groups in total. The predicted molar refractivity (Wildman–Crippen MR) is 114 cm³/mol. The summed E-state index contributed by atoms with van der Waals surface area (Å²) < 4.78 is 7.45. The highest BCUT2D eigenvalue weighted by Gasteiger charge is 2.37. The molecule has 154 valence electrons. The first-order chi connectivity index (χ1) is 14.2. The number of ether oxygens (including phenoxy) is 1. The minimum Gasteiger partial charge on any atom is -0.464 e. The normalized spacial score (nSPS) is 19.3. The van der Waals surface area contributed by atoms with Crippen LogP contribution in [0.5, 0.6) is 0 Å². The number of benzene rings is 1. The van der Waals surface area contributed by atoms with Crippen molar-refractivity contribution in [2.24, 2.45) is 0 Å². The van der Waals surface area contributed by atoms with Crippen LogP contribution in [0.3, 0.4) is 0 Å². The van der Waals surface area contributed by atoms with Crippen molar-refractivity contribution in [3.05, 3.63) is 41.7 Å². The smallest absolute Gasteiger partial charge is 0.329 e. The van der Waals surface area contributed by atoms with E-state index in [0.29, 0.717) is 24.6 Å². The van der Waals surface area contributed by atoms with Crippen molar-refractivity contribution in [2.75, 3.05) is 24.7 Å². The van der Waals surface area contributed by atoms with Gasteiger partial charge < -0.3 is 14.2 Å². The molecule has 6 nitrogen and oxygen atoms in total. The van der Waals surface area contributed by atoms with Gasteiger partial charge in [0.25, 0.3) is 5.91 Å². The maximum absolute atomic E-state index is 13.6. The highest BCUT2D eigenvalue weighted by Crippen LogP contribution is 2.29. The Labute approximate surface area is 175 Å². The van der Waals surface area contributed by atoms with E-state index in [-0.39, 0.29) is 11.9 Å². The van der Waals surface area contributed by atoms with Gasteiger partial charge in [-0.3, -0.25) is 4.79 Å². The number of thioether (sulfide) groups is 1. The quantitative estimate of drug-likeness (QED) is 0.719. The summed E-state index contributed by atoms with van der Waals surface area (Å²) in [5.41, 5.74) is 2.53. The van der Waals surface area contributed by atoms with E-state index in [0.717, 1.165) is 55.1 Å². The lowest BCUT2D eigenvalue weighted by Gasteiger charge is -2.33. The average Bonchev–Trinajstić information content (AvgIpc) is 2.95. The van der Waals surface area contributed by atoms with Crippen molar-refractivity contribution in [1.29, 1.82) is 0 Å². The first-order valence-electron chi connectivity index (χ1n) is 10.4. The van der Waals surface area contributed by atoms with Crippen LogP contribution in [0.1, 0.15) is 42.4 Å². The number of hydrogen-bond acceptors (Lipinski definition) is 5. The number of amides is 1. The number of nitrogens with zero attached hydrogens (tertiary/aromatic N) is 3. The fourth-order valence-electron chi connectivity index (χ4n) is 4.12. The van der Waals surface area contributed by atoms with E-state index >= 15 is 0 Å². The van der Waals surface area contributed by atoms with Crippen molar-refractivity contribution in [1.82, 2.24) is 14.5 Å². The molecule has 1 fully saturated rings. The van der Waals surface area contributed by atoms with E-state index in [4.69, 9.17) is 9.72 Å². The van der Waals surface area contributed by atoms with Crippen molar-refractivity contribution < 1.29 is 14.3 Å². The molecule has 1 saturated heterocycles. The van der Waals surface area contributed by atoms with Crippen molar-refractivity contribution in [3.63, 3.8) is 0 Å². The Bertz CT molecular complexity index is 881. The largest absolute Gasteiger partial charge is 0.464 e. The molecule has 7 heteroatoms. The van der Waals surface area contributed by atoms with E-state index in [1.54, 1.807) is 23.6 Å². The number of hydrogen-bond donors (Lipinski definition) is 0. The topological polar surface area (TPSA) is 64.4 Å². The monoisotopic (exact) mass is 413 g/mol. The van der Waals surface area contributed by atoms with Crippen molar-refractivity contribution in [2.45, 2.75) is 45.2 Å². The Morgan fingerprint density at radius 1 is 1.17 bits per heavy atom. The minimum absolute atomic E-state index is 0.142. The molecule has 2 aromatic rings. The molecule has 3 heterocycles. The van der Waals surface area contributed by atoms with Crippen LogP contribution in [-0.4, -0.2) is 57.0 Å². The summed E-state index contributed by atoms with van der Waals surface area (Å²) in [6.07, 6.45) is 4.13. The van der Waals surface area contributed by atoms with Gasteiger partial charge in [-0.05, 0) is 26.2 Å². The highest BCUT2D eigenvalue weighted by molar-refractivity contribution is 7.99. The number of esters is 1. The molecule has 0 spiro atoms. The van der Waals surface area contributed by atoms with Gasteiger partial charge in [-0.15, -0.1) is 0 Å². The molecule has 1 aromatic heterocycles. The molecule has 0 radical (unpaired) electrons. The number of aromatic nitrogens is 2. The Hall–Kier alpha value is -2.28. The lowest BCUT2D eigenvalue weighted by atomic mass is 10.1. The van der Waals surface area contributed by atoms with Gasteiger partial charge in [0.1, 0.15) is 17.6 Å². The summed E-state index contributed by atoms with van der Waals surface area (Å²) >= 11 is 1.69. The van der Waals surface area contributed by atoms with Crippen LogP contribution in [0.25, 0.3) is 11.4 Å². The van der Waals surface area contributed by atoms with Crippen molar-refractivity contribution >= 4 is 23.6 Å². The summed E-state index contributed by atoms with van der Waals surface area (Å²) in [4.78, 5) is 32.5. The summed E-state index contributed by atoms with van der Waals surface area (Å²) in [7, 11) is 0. The summed E-state index contributed by atoms with van der Waals surface area (Å²) in [6, 6.07) is 9.50. The predicted octanol–water partition coefficient (Wildman–Crippen LogP) is 3.40. The van der Waals surface area contributed by atoms with Crippen LogP contribution >= 0.6 is 11.8 Å². The van der Waals surface area contributed by atoms with Gasteiger partial charge in [0, 0.05) is 30.2 Å². The number of carbonyl (C=O) groups is 2. The molecule has 1 atom stereocenters. The molecule has 0 saturated carbocycles. The average molecular weight is 414 g/mol. The Morgan fingerprint density at radius 3 is 2.79 bits per heavy atom. The van der Waals surface area contributed by atoms with Gasteiger partial charge in [-0.25, -0.2) is 9.78 Å². The highest BCUT2D eigenvalue weighted by atomic mass is 32.2. The maximum Gasteiger partial charge on any atom is 0.329 e. The van der Waals surface area contributed by atoms with Crippen LogP contribution in [0, 0.1) is 0 Å². The zero-order chi connectivity index (χ0) is 20.2. The zero-order valence-corrected chi connectivity index (χ0v) is 17.6. The van der Waals surface area contributed by atoms with E-state index < -0.39 is 6.04 Å². The second-order valence-corrected chi connectivity index (χ2v) is 8.55. The van der Waals surface area contributed by atoms with Gasteiger partial charge in [-0.1, -0.05) is 36.8 Å². The number of fused-ring (bicyclic) bond motifs is 1. The lowest BCUT2D eigenvalue weighted by Crippen LogP contribution is -2.51. The number of imidazole rings is 1. The van der Waals surface area contributed by atoms with Gasteiger partial charge in [0.15, 0.2) is 0 Å². The van der Waals surface area contributed by atoms with Crippen LogP contribution in [0.2, 0.25) is 0 Å². The molecule has 1 aromatic carbocycles. The van der Waals surface area contributed by atoms with Crippen molar-refractivity contribution in [3.8, 4) is 11.4 Å². The molecular weight excluding hydrogens is 386 g/mol. The van der Waals surface area contributed by atoms with Crippen LogP contribution < -0.4 is 0 Å². The van der Waals surface area contributed by atoms with E-state index in [1.165, 1.54) is 0 Å². The fourth-order valence-corrected chi connectivity index (χ4v) is 5.15. The minimum atomic E-state index is -0.537. The van der Waals surface area contributed by atoms with Gasteiger partial charge in [-0.2, -0.15) is 11.8 Å². The second kappa shape index (κ2) is 9.03. The second-order valence-electron chi connectivity index (χ2n) is 7.40. The number of rotatable bonds is 4. The molecule has 2 aliphatic rings. The third-order valence-corrected chi connectivity index (χ3v) is 6.57. The van der Waals surface area contributed by atoms with Crippen LogP contribution in [-0.2, 0) is 22.5 Å². The molecular formula is C22H27N3O3S. The first-order valence-corrected chi connectivity index (χ1v) is 11.6. The summed E-state index contributed by atoms with van der Waals surface area (Å²) in [6.45, 7) is 3.53. The van der Waals surface area contributed by atoms with Gasteiger partial charge >= 0.3 is 5.97 Å². The lowest BCUT2D eigenvalue weighted by molar-refractivity contribution is -0.147. The Morgan fingerprint density at radius 2 is 2.00 bits per heavy atom. The molecule has 0 bridgehead atoms. The molecule has 0 aliphatic carbocycles. The molecule has 2 aliphatic heterocycles. The van der Waals surface area contributed by atoms with E-state index in [1.807, 2.05) is 30.3 Å². The van der Waals surface area contributed by atoms with E-state index in [2.05, 4.69) is 4.57 Å². The fraction of sp³-hybridized carbons (Fsp3) is 0.500. The Kier molecular flexibility index (Phi) is 6.23. The molecule has 4 rings (SSSR count). The van der Waals surface area contributed by atoms with Gasteiger partial charge in [0.05, 0.1) is 12.3 Å². The number of carbonyl (C=O) groups excluding carboxylic acids is 2. The Balaban J connectivity index is 1.73. The van der Waals surface area contributed by atoms with Gasteiger partial charge in [0.2, 0.25) is 0 Å². The standard InChI is InChI=1S/C22H27N3O3S/c1-2-28-22(27)18-15-29-14-13-25(18)21(26)19-17-11-7-4-8-12-24(17)20(23-19)16-9-5-3-6-10-16/h3,5-6,9-10,18H,2,4,7-8,11-15H2,1H3/t18-/m0/s1. The van der Waals surface area contributed by atoms with Crippen LogP contribution in [0.4, 0.5) is 0 Å². The maximum atomic E-state index is 13.6. The molecule has 29 heavy (non-hydrogen) atoms. The third-order valence-electron chi connectivity index (χ3n) is 5.55. The van der Waals surface area contributed by atoms with E-state index in [9.17, 15) is 9.59 Å². The van der Waals surface area contributed by atoms with Crippen LogP contribution in [0.15, 0.2) is 30.3 Å². The molecule has 1 amide bonds. The third kappa shape index (κ3) is 4.06. The summed E-state index contributed by atoms with van der Waals surface area (Å²) in [5.74, 6) is 1.79. The molecule has 0 unspecified atom stereocenters.